The first kappa shape index (κ1) is 13.3. The second-order valence-electron chi connectivity index (χ2n) is 4.42. The Morgan fingerprint density at radius 1 is 1.39 bits per heavy atom. The molecule has 1 fully saturated rings. The fourth-order valence-corrected chi connectivity index (χ4v) is 3.73. The van der Waals surface area contributed by atoms with Crippen LogP contribution in [-0.2, 0) is 14.8 Å². The van der Waals surface area contributed by atoms with Gasteiger partial charge in [0, 0.05) is 13.7 Å². The van der Waals surface area contributed by atoms with Crippen LogP contribution >= 0.6 is 0 Å². The fourth-order valence-electron chi connectivity index (χ4n) is 2.21. The quantitative estimate of drug-likeness (QED) is 0.896. The summed E-state index contributed by atoms with van der Waals surface area (Å²) in [6.07, 6.45) is 0.542. The molecule has 100 valence electrons. The van der Waals surface area contributed by atoms with Crippen molar-refractivity contribution < 1.29 is 18.3 Å². The maximum atomic E-state index is 12.4. The summed E-state index contributed by atoms with van der Waals surface area (Å²) in [5.41, 5.74) is 0. The lowest BCUT2D eigenvalue weighted by atomic mass is 10.2. The van der Waals surface area contributed by atoms with Crippen molar-refractivity contribution in [2.45, 2.75) is 30.4 Å². The molecule has 0 aromatic heterocycles. The van der Waals surface area contributed by atoms with Crippen LogP contribution in [0.4, 0.5) is 0 Å². The van der Waals surface area contributed by atoms with Crippen LogP contribution in [0.5, 0.6) is 5.75 Å². The average Bonchev–Trinajstić information content (AvgIpc) is 2.74. The maximum Gasteiger partial charge on any atom is 0.246 e. The van der Waals surface area contributed by atoms with E-state index in [4.69, 9.17) is 4.74 Å². The van der Waals surface area contributed by atoms with E-state index >= 15 is 0 Å². The predicted octanol–water partition coefficient (Wildman–Crippen LogP) is 1.19. The largest absolute Gasteiger partial charge is 0.507 e. The summed E-state index contributed by atoms with van der Waals surface area (Å²) in [5, 5.41) is 9.67. The molecular formula is C12H17NO4S. The molecule has 18 heavy (non-hydrogen) atoms. The van der Waals surface area contributed by atoms with Gasteiger partial charge < -0.3 is 9.84 Å². The summed E-state index contributed by atoms with van der Waals surface area (Å²) >= 11 is 0. The lowest BCUT2D eigenvalue weighted by Gasteiger charge is -2.26. The van der Waals surface area contributed by atoms with E-state index in [0.29, 0.717) is 13.0 Å². The number of phenols is 1. The molecule has 2 unspecified atom stereocenters. The van der Waals surface area contributed by atoms with Crippen LogP contribution in [0.2, 0.25) is 0 Å². The van der Waals surface area contributed by atoms with E-state index < -0.39 is 10.0 Å². The minimum absolute atomic E-state index is 0.0633. The Morgan fingerprint density at radius 2 is 2.06 bits per heavy atom. The molecule has 1 N–H and O–H groups in total. The number of para-hydroxylation sites is 1. The number of hydrogen-bond donors (Lipinski definition) is 1. The van der Waals surface area contributed by atoms with Gasteiger partial charge in [-0.1, -0.05) is 12.1 Å². The molecule has 0 amide bonds. The van der Waals surface area contributed by atoms with Crippen LogP contribution in [0.15, 0.2) is 29.2 Å². The van der Waals surface area contributed by atoms with Gasteiger partial charge in [-0.15, -0.1) is 0 Å². The minimum atomic E-state index is -3.68. The van der Waals surface area contributed by atoms with Crippen molar-refractivity contribution in [3.8, 4) is 5.75 Å². The fraction of sp³-hybridized carbons (Fsp3) is 0.500. The van der Waals surface area contributed by atoms with E-state index in [-0.39, 0.29) is 22.8 Å². The summed E-state index contributed by atoms with van der Waals surface area (Å²) < 4.78 is 31.5. The maximum absolute atomic E-state index is 12.4. The third kappa shape index (κ3) is 2.23. The molecule has 1 aliphatic rings. The molecule has 2 atom stereocenters. The van der Waals surface area contributed by atoms with Gasteiger partial charge in [0.05, 0.1) is 12.1 Å². The van der Waals surface area contributed by atoms with E-state index in [0.717, 1.165) is 0 Å². The molecule has 1 heterocycles. The summed E-state index contributed by atoms with van der Waals surface area (Å²) in [4.78, 5) is -0.0633. The standard InChI is InChI=1S/C12H17NO4S/c1-9-10(7-8-17-9)13(2)18(15,16)12-6-4-3-5-11(12)14/h3-6,9-10,14H,7-8H2,1-2H3. The number of likely N-dealkylation sites (N-methyl/N-ethyl adjacent to an activating group) is 1. The molecular weight excluding hydrogens is 254 g/mol. The van der Waals surface area contributed by atoms with E-state index in [9.17, 15) is 13.5 Å². The first-order valence-corrected chi connectivity index (χ1v) is 7.26. The number of ether oxygens (including phenoxy) is 1. The summed E-state index contributed by atoms with van der Waals surface area (Å²) in [6.45, 7) is 2.42. The third-order valence-electron chi connectivity index (χ3n) is 3.33. The molecule has 1 aliphatic heterocycles. The molecule has 1 saturated heterocycles. The Balaban J connectivity index is 2.34. The molecule has 2 rings (SSSR count). The molecule has 0 radical (unpaired) electrons. The van der Waals surface area contributed by atoms with Crippen molar-refractivity contribution in [2.75, 3.05) is 13.7 Å². The van der Waals surface area contributed by atoms with E-state index in [1.54, 1.807) is 12.1 Å². The lowest BCUT2D eigenvalue weighted by Crippen LogP contribution is -2.40. The average molecular weight is 271 g/mol. The zero-order valence-corrected chi connectivity index (χ0v) is 11.2. The van der Waals surface area contributed by atoms with Gasteiger partial charge >= 0.3 is 0 Å². The number of benzene rings is 1. The predicted molar refractivity (Wildman–Crippen MR) is 66.9 cm³/mol. The number of sulfonamides is 1. The Labute approximate surface area is 107 Å². The van der Waals surface area contributed by atoms with Crippen molar-refractivity contribution >= 4 is 10.0 Å². The van der Waals surface area contributed by atoms with Crippen LogP contribution in [0.1, 0.15) is 13.3 Å². The highest BCUT2D eigenvalue weighted by atomic mass is 32.2. The Hall–Kier alpha value is -1.11. The second kappa shape index (κ2) is 4.87. The molecule has 0 bridgehead atoms. The van der Waals surface area contributed by atoms with Crippen LogP contribution in [-0.4, -0.2) is 43.6 Å². The molecule has 0 saturated carbocycles. The highest BCUT2D eigenvalue weighted by molar-refractivity contribution is 7.89. The molecule has 0 aliphatic carbocycles. The van der Waals surface area contributed by atoms with Gasteiger partial charge in [-0.2, -0.15) is 4.31 Å². The van der Waals surface area contributed by atoms with Gasteiger partial charge in [-0.3, -0.25) is 0 Å². The third-order valence-corrected chi connectivity index (χ3v) is 5.26. The molecule has 6 heteroatoms. The van der Waals surface area contributed by atoms with Crippen LogP contribution < -0.4 is 0 Å². The van der Waals surface area contributed by atoms with Crippen LogP contribution in [0.25, 0.3) is 0 Å². The van der Waals surface area contributed by atoms with Crippen molar-refractivity contribution in [1.29, 1.82) is 0 Å². The van der Waals surface area contributed by atoms with Gasteiger partial charge in [0.25, 0.3) is 0 Å². The monoisotopic (exact) mass is 271 g/mol. The number of phenolic OH excluding ortho intramolecular Hbond substituents is 1. The highest BCUT2D eigenvalue weighted by Gasteiger charge is 2.36. The summed E-state index contributed by atoms with van der Waals surface area (Å²) in [5.74, 6) is -0.226. The zero-order chi connectivity index (χ0) is 13.3. The van der Waals surface area contributed by atoms with Crippen molar-refractivity contribution in [3.63, 3.8) is 0 Å². The second-order valence-corrected chi connectivity index (χ2v) is 6.39. The van der Waals surface area contributed by atoms with Crippen molar-refractivity contribution in [1.82, 2.24) is 4.31 Å². The highest BCUT2D eigenvalue weighted by Crippen LogP contribution is 2.29. The molecule has 1 aromatic carbocycles. The van der Waals surface area contributed by atoms with E-state index in [1.165, 1.54) is 23.5 Å². The Bertz CT molecular complexity index is 529. The molecule has 0 spiro atoms. The normalized spacial score (nSPS) is 24.6. The zero-order valence-electron chi connectivity index (χ0n) is 10.4. The Kier molecular flexibility index (Phi) is 3.61. The van der Waals surface area contributed by atoms with Crippen molar-refractivity contribution in [3.05, 3.63) is 24.3 Å². The van der Waals surface area contributed by atoms with Gasteiger partial charge in [0.2, 0.25) is 10.0 Å². The number of hydrogen-bond acceptors (Lipinski definition) is 4. The van der Waals surface area contributed by atoms with Gasteiger partial charge in [-0.05, 0) is 25.5 Å². The first-order chi connectivity index (χ1) is 8.44. The van der Waals surface area contributed by atoms with Crippen LogP contribution in [0, 0.1) is 0 Å². The Morgan fingerprint density at radius 3 is 2.61 bits per heavy atom. The van der Waals surface area contributed by atoms with E-state index in [2.05, 4.69) is 0 Å². The summed E-state index contributed by atoms with van der Waals surface area (Å²) in [7, 11) is -2.16. The van der Waals surface area contributed by atoms with E-state index in [1.807, 2.05) is 6.92 Å². The minimum Gasteiger partial charge on any atom is -0.507 e. The van der Waals surface area contributed by atoms with Gasteiger partial charge in [0.15, 0.2) is 0 Å². The lowest BCUT2D eigenvalue weighted by molar-refractivity contribution is 0.102. The topological polar surface area (TPSA) is 66.8 Å². The first-order valence-electron chi connectivity index (χ1n) is 5.82. The van der Waals surface area contributed by atoms with Crippen LogP contribution in [0.3, 0.4) is 0 Å². The SMILES string of the molecule is CC1OCCC1N(C)S(=O)(=O)c1ccccc1O. The van der Waals surface area contributed by atoms with Crippen molar-refractivity contribution in [2.24, 2.45) is 0 Å². The molecule has 1 aromatic rings. The smallest absolute Gasteiger partial charge is 0.246 e. The van der Waals surface area contributed by atoms with Gasteiger partial charge in [-0.25, -0.2) is 8.42 Å². The number of rotatable bonds is 3. The molecule has 5 nitrogen and oxygen atoms in total. The van der Waals surface area contributed by atoms with Gasteiger partial charge in [0.1, 0.15) is 10.6 Å². The summed E-state index contributed by atoms with van der Waals surface area (Å²) in [6, 6.07) is 5.77. The number of nitrogens with zero attached hydrogens (tertiary/aromatic N) is 1. The number of aromatic hydroxyl groups is 1.